The molecule has 1 N–H and O–H groups in total. The van der Waals surface area contributed by atoms with Crippen molar-refractivity contribution in [2.45, 2.75) is 26.2 Å². The molecule has 1 aromatic heterocycles. The zero-order chi connectivity index (χ0) is 15.3. The maximum absolute atomic E-state index is 12.3. The summed E-state index contributed by atoms with van der Waals surface area (Å²) in [4.78, 5) is 3.58. The average Bonchev–Trinajstić information content (AvgIpc) is 2.85. The van der Waals surface area contributed by atoms with Gasteiger partial charge in [-0.05, 0) is 18.7 Å². The van der Waals surface area contributed by atoms with Crippen LogP contribution in [0.5, 0.6) is 0 Å². The van der Waals surface area contributed by atoms with Gasteiger partial charge in [-0.1, -0.05) is 6.92 Å². The Hall–Kier alpha value is -1.05. The van der Waals surface area contributed by atoms with E-state index < -0.39 is 12.7 Å². The summed E-state index contributed by atoms with van der Waals surface area (Å²) in [5, 5.41) is 3.19. The van der Waals surface area contributed by atoms with Crippen LogP contribution in [-0.2, 0) is 13.1 Å². The number of nitrogens with one attached hydrogen (secondary N) is 1. The van der Waals surface area contributed by atoms with Crippen LogP contribution in [0.3, 0.4) is 0 Å². The van der Waals surface area contributed by atoms with Gasteiger partial charge in [-0.3, -0.25) is 9.80 Å². The van der Waals surface area contributed by atoms with E-state index in [1.54, 1.807) is 0 Å². The smallest absolute Gasteiger partial charge is 0.401 e. The lowest BCUT2D eigenvalue weighted by Gasteiger charge is -2.34. The second-order valence-electron chi connectivity index (χ2n) is 5.32. The first-order valence-corrected chi connectivity index (χ1v) is 7.26. The molecule has 0 spiro atoms. The second-order valence-corrected chi connectivity index (χ2v) is 5.32. The molecule has 1 aromatic rings. The Kier molecular flexibility index (Phi) is 5.66. The van der Waals surface area contributed by atoms with Gasteiger partial charge in [0.1, 0.15) is 11.5 Å². The monoisotopic (exact) mass is 305 g/mol. The highest BCUT2D eigenvalue weighted by Gasteiger charge is 2.32. The molecule has 0 radical (unpaired) electrons. The lowest BCUT2D eigenvalue weighted by molar-refractivity contribution is -0.149. The van der Waals surface area contributed by atoms with Crippen molar-refractivity contribution in [3.63, 3.8) is 0 Å². The van der Waals surface area contributed by atoms with Gasteiger partial charge in [0, 0.05) is 26.2 Å². The van der Waals surface area contributed by atoms with Crippen molar-refractivity contribution in [3.8, 4) is 0 Å². The van der Waals surface area contributed by atoms with Crippen LogP contribution in [0, 0.1) is 0 Å². The van der Waals surface area contributed by atoms with Crippen molar-refractivity contribution in [2.75, 3.05) is 39.3 Å². The highest BCUT2D eigenvalue weighted by molar-refractivity contribution is 5.07. The topological polar surface area (TPSA) is 31.6 Å². The first kappa shape index (κ1) is 16.3. The molecule has 0 saturated carbocycles. The summed E-state index contributed by atoms with van der Waals surface area (Å²) < 4.78 is 42.6. The Balaban J connectivity index is 1.74. The molecule has 1 saturated heterocycles. The summed E-state index contributed by atoms with van der Waals surface area (Å²) >= 11 is 0. The molecule has 21 heavy (non-hydrogen) atoms. The van der Waals surface area contributed by atoms with Crippen molar-refractivity contribution in [3.05, 3.63) is 23.7 Å². The van der Waals surface area contributed by atoms with E-state index in [0.717, 1.165) is 18.1 Å². The fraction of sp³-hybridized carbons (Fsp3) is 0.714. The van der Waals surface area contributed by atoms with E-state index >= 15 is 0 Å². The Bertz CT molecular complexity index is 425. The third kappa shape index (κ3) is 5.68. The molecule has 2 heterocycles. The van der Waals surface area contributed by atoms with E-state index in [2.05, 4.69) is 10.2 Å². The van der Waals surface area contributed by atoms with Crippen molar-refractivity contribution < 1.29 is 17.6 Å². The molecular weight excluding hydrogens is 283 g/mol. The van der Waals surface area contributed by atoms with E-state index in [-0.39, 0.29) is 0 Å². The molecule has 0 aromatic carbocycles. The number of hydrogen-bond donors (Lipinski definition) is 1. The minimum absolute atomic E-state index is 0.449. The molecule has 1 aliphatic rings. The summed E-state index contributed by atoms with van der Waals surface area (Å²) in [7, 11) is 0. The number of nitrogens with zero attached hydrogens (tertiary/aromatic N) is 2. The van der Waals surface area contributed by atoms with E-state index in [4.69, 9.17) is 4.42 Å². The fourth-order valence-electron chi connectivity index (χ4n) is 2.43. The number of hydrogen-bond acceptors (Lipinski definition) is 4. The summed E-state index contributed by atoms with van der Waals surface area (Å²) in [5.74, 6) is 1.76. The third-order valence-electron chi connectivity index (χ3n) is 3.51. The van der Waals surface area contributed by atoms with Crippen LogP contribution in [0.2, 0.25) is 0 Å². The fourth-order valence-corrected chi connectivity index (χ4v) is 2.43. The van der Waals surface area contributed by atoms with Gasteiger partial charge in [0.25, 0.3) is 0 Å². The molecule has 0 atom stereocenters. The van der Waals surface area contributed by atoms with Crippen molar-refractivity contribution in [1.29, 1.82) is 0 Å². The maximum atomic E-state index is 12.3. The van der Waals surface area contributed by atoms with E-state index in [1.807, 2.05) is 19.1 Å². The van der Waals surface area contributed by atoms with Crippen LogP contribution in [0.25, 0.3) is 0 Å². The van der Waals surface area contributed by atoms with Crippen molar-refractivity contribution in [1.82, 2.24) is 15.1 Å². The van der Waals surface area contributed by atoms with Crippen LogP contribution in [-0.4, -0.2) is 55.2 Å². The Labute approximate surface area is 122 Å². The zero-order valence-corrected chi connectivity index (χ0v) is 12.2. The summed E-state index contributed by atoms with van der Waals surface area (Å²) in [6.45, 7) is 5.64. The van der Waals surface area contributed by atoms with Gasteiger partial charge in [-0.25, -0.2) is 0 Å². The average molecular weight is 305 g/mol. The molecule has 1 aliphatic heterocycles. The van der Waals surface area contributed by atoms with Gasteiger partial charge in [0.15, 0.2) is 0 Å². The molecule has 0 unspecified atom stereocenters. The van der Waals surface area contributed by atoms with Crippen molar-refractivity contribution >= 4 is 0 Å². The van der Waals surface area contributed by atoms with Gasteiger partial charge >= 0.3 is 6.18 Å². The molecule has 0 aliphatic carbocycles. The van der Waals surface area contributed by atoms with Crippen LogP contribution in [0.4, 0.5) is 13.2 Å². The number of furan rings is 1. The summed E-state index contributed by atoms with van der Waals surface area (Å²) in [6.07, 6.45) is -4.11. The van der Waals surface area contributed by atoms with Gasteiger partial charge in [-0.15, -0.1) is 0 Å². The van der Waals surface area contributed by atoms with Gasteiger partial charge in [0.05, 0.1) is 19.6 Å². The van der Waals surface area contributed by atoms with E-state index in [9.17, 15) is 13.2 Å². The first-order chi connectivity index (χ1) is 9.96. The molecule has 0 bridgehead atoms. The minimum Gasteiger partial charge on any atom is -0.463 e. The number of piperazine rings is 1. The predicted octanol–water partition coefficient (Wildman–Crippen LogP) is 2.07. The number of alkyl halides is 3. The van der Waals surface area contributed by atoms with Gasteiger partial charge in [-0.2, -0.15) is 13.2 Å². The summed E-state index contributed by atoms with van der Waals surface area (Å²) in [5.41, 5.74) is 0. The molecule has 7 heteroatoms. The van der Waals surface area contributed by atoms with Crippen molar-refractivity contribution in [2.24, 2.45) is 0 Å². The third-order valence-corrected chi connectivity index (χ3v) is 3.51. The lowest BCUT2D eigenvalue weighted by atomic mass is 10.3. The normalized spacial score (nSPS) is 18.3. The maximum Gasteiger partial charge on any atom is 0.401 e. The minimum atomic E-state index is -4.11. The largest absolute Gasteiger partial charge is 0.463 e. The van der Waals surface area contributed by atoms with Crippen LogP contribution < -0.4 is 5.32 Å². The molecule has 4 nitrogen and oxygen atoms in total. The zero-order valence-electron chi connectivity index (χ0n) is 12.2. The lowest BCUT2D eigenvalue weighted by Crippen LogP contribution is -2.48. The standard InChI is InChI=1S/C14H22F3N3O/c1-2-18-9-12-3-4-13(21-12)10-19-5-7-20(8-6-19)11-14(15,16)17/h3-4,18H,2,5-11H2,1H3. The highest BCUT2D eigenvalue weighted by Crippen LogP contribution is 2.18. The van der Waals surface area contributed by atoms with Crippen LogP contribution in [0.1, 0.15) is 18.4 Å². The van der Waals surface area contributed by atoms with E-state index in [1.165, 1.54) is 4.90 Å². The van der Waals surface area contributed by atoms with Gasteiger partial charge in [0.2, 0.25) is 0 Å². The quantitative estimate of drug-likeness (QED) is 0.872. The van der Waals surface area contributed by atoms with Crippen LogP contribution >= 0.6 is 0 Å². The Morgan fingerprint density at radius 2 is 1.71 bits per heavy atom. The number of rotatable bonds is 6. The molecule has 1 fully saturated rings. The van der Waals surface area contributed by atoms with Gasteiger partial charge < -0.3 is 9.73 Å². The molecular formula is C14H22F3N3O. The molecule has 120 valence electrons. The predicted molar refractivity (Wildman–Crippen MR) is 73.9 cm³/mol. The van der Waals surface area contributed by atoms with Crippen LogP contribution in [0.15, 0.2) is 16.5 Å². The highest BCUT2D eigenvalue weighted by atomic mass is 19.4. The molecule has 0 amide bonds. The Morgan fingerprint density at radius 3 is 2.33 bits per heavy atom. The second kappa shape index (κ2) is 7.29. The first-order valence-electron chi connectivity index (χ1n) is 7.26. The Morgan fingerprint density at radius 1 is 1.10 bits per heavy atom. The van der Waals surface area contributed by atoms with E-state index in [0.29, 0.717) is 39.3 Å². The summed E-state index contributed by atoms with van der Waals surface area (Å²) in [6, 6.07) is 3.88. The number of halogens is 3. The SMILES string of the molecule is CCNCc1ccc(CN2CCN(CC(F)(F)F)CC2)o1. The molecule has 2 rings (SSSR count).